The SMILES string of the molecule is CNC(C(=O)O)c1ccc2c(c1)NC(=O)CCO2. The van der Waals surface area contributed by atoms with Gasteiger partial charge in [-0.2, -0.15) is 0 Å². The van der Waals surface area contributed by atoms with E-state index in [9.17, 15) is 9.59 Å². The van der Waals surface area contributed by atoms with Crippen molar-refractivity contribution in [2.24, 2.45) is 0 Å². The van der Waals surface area contributed by atoms with Gasteiger partial charge in [0.05, 0.1) is 18.7 Å². The highest BCUT2D eigenvalue weighted by atomic mass is 16.5. The van der Waals surface area contributed by atoms with Gasteiger partial charge < -0.3 is 20.5 Å². The average molecular weight is 250 g/mol. The Bertz CT molecular complexity index is 487. The Labute approximate surface area is 104 Å². The van der Waals surface area contributed by atoms with Gasteiger partial charge in [0, 0.05) is 0 Å². The summed E-state index contributed by atoms with van der Waals surface area (Å²) in [6.45, 7) is 0.326. The third-order valence-corrected chi connectivity index (χ3v) is 2.73. The highest BCUT2D eigenvalue weighted by Crippen LogP contribution is 2.30. The molecule has 0 spiro atoms. The fraction of sp³-hybridized carbons (Fsp3) is 0.333. The van der Waals surface area contributed by atoms with E-state index in [-0.39, 0.29) is 5.91 Å². The molecule has 1 aliphatic heterocycles. The van der Waals surface area contributed by atoms with Crippen LogP contribution in [0.2, 0.25) is 0 Å². The number of fused-ring (bicyclic) bond motifs is 1. The largest absolute Gasteiger partial charge is 0.491 e. The topological polar surface area (TPSA) is 87.7 Å². The lowest BCUT2D eigenvalue weighted by Gasteiger charge is -2.14. The van der Waals surface area contributed by atoms with Gasteiger partial charge in [-0.15, -0.1) is 0 Å². The fourth-order valence-corrected chi connectivity index (χ4v) is 1.85. The lowest BCUT2D eigenvalue weighted by atomic mass is 10.1. The number of carboxylic acid groups (broad SMARTS) is 1. The van der Waals surface area contributed by atoms with Crippen LogP contribution in [0, 0.1) is 0 Å². The normalized spacial score (nSPS) is 15.9. The van der Waals surface area contributed by atoms with E-state index in [0.29, 0.717) is 30.0 Å². The molecule has 1 atom stereocenters. The summed E-state index contributed by atoms with van der Waals surface area (Å²) in [5, 5.41) is 14.5. The monoisotopic (exact) mass is 250 g/mol. The van der Waals surface area contributed by atoms with E-state index in [4.69, 9.17) is 9.84 Å². The molecule has 2 rings (SSSR count). The number of likely N-dealkylation sites (N-methyl/N-ethyl adjacent to an activating group) is 1. The van der Waals surface area contributed by atoms with Crippen molar-refractivity contribution in [2.75, 3.05) is 19.0 Å². The second kappa shape index (κ2) is 5.05. The van der Waals surface area contributed by atoms with E-state index in [0.717, 1.165) is 0 Å². The fourth-order valence-electron chi connectivity index (χ4n) is 1.85. The van der Waals surface area contributed by atoms with Crippen molar-refractivity contribution >= 4 is 17.6 Å². The molecule has 0 aromatic heterocycles. The van der Waals surface area contributed by atoms with Crippen molar-refractivity contribution in [1.82, 2.24) is 5.32 Å². The number of amides is 1. The van der Waals surface area contributed by atoms with E-state index in [1.54, 1.807) is 25.2 Å². The zero-order valence-corrected chi connectivity index (χ0v) is 9.90. The molecule has 3 N–H and O–H groups in total. The number of ether oxygens (including phenoxy) is 1. The molecule has 1 aromatic rings. The number of rotatable bonds is 3. The molecular formula is C12H14N2O4. The molecule has 1 heterocycles. The lowest BCUT2D eigenvalue weighted by Crippen LogP contribution is -2.25. The third kappa shape index (κ3) is 2.43. The summed E-state index contributed by atoms with van der Waals surface area (Å²) in [5.41, 5.74) is 1.08. The number of hydrogen-bond donors (Lipinski definition) is 3. The first-order chi connectivity index (χ1) is 8.61. The number of benzene rings is 1. The number of nitrogens with one attached hydrogen (secondary N) is 2. The van der Waals surface area contributed by atoms with E-state index < -0.39 is 12.0 Å². The predicted molar refractivity (Wildman–Crippen MR) is 64.6 cm³/mol. The lowest BCUT2D eigenvalue weighted by molar-refractivity contribution is -0.139. The highest BCUT2D eigenvalue weighted by molar-refractivity contribution is 5.93. The average Bonchev–Trinajstić information content (AvgIpc) is 2.49. The zero-order valence-electron chi connectivity index (χ0n) is 9.90. The van der Waals surface area contributed by atoms with Gasteiger partial charge in [0.25, 0.3) is 0 Å². The molecule has 1 aliphatic rings. The maximum Gasteiger partial charge on any atom is 0.325 e. The van der Waals surface area contributed by atoms with Crippen molar-refractivity contribution in [1.29, 1.82) is 0 Å². The van der Waals surface area contributed by atoms with Crippen molar-refractivity contribution in [2.45, 2.75) is 12.5 Å². The van der Waals surface area contributed by atoms with E-state index >= 15 is 0 Å². The zero-order chi connectivity index (χ0) is 13.1. The number of anilines is 1. The number of carbonyl (C=O) groups excluding carboxylic acids is 1. The predicted octanol–water partition coefficient (Wildman–Crippen LogP) is 0.753. The second-order valence-electron chi connectivity index (χ2n) is 3.96. The molecule has 0 saturated carbocycles. The minimum atomic E-state index is -0.974. The van der Waals surface area contributed by atoms with Crippen LogP contribution in [0.1, 0.15) is 18.0 Å². The summed E-state index contributed by atoms with van der Waals surface area (Å²) >= 11 is 0. The van der Waals surface area contributed by atoms with Gasteiger partial charge in [-0.1, -0.05) is 6.07 Å². The molecule has 0 fully saturated rings. The molecule has 0 radical (unpaired) electrons. The van der Waals surface area contributed by atoms with Crippen LogP contribution < -0.4 is 15.4 Å². The number of carbonyl (C=O) groups is 2. The van der Waals surface area contributed by atoms with Gasteiger partial charge in [0.2, 0.25) is 5.91 Å². The van der Waals surface area contributed by atoms with Crippen molar-refractivity contribution in [3.63, 3.8) is 0 Å². The van der Waals surface area contributed by atoms with Crippen LogP contribution >= 0.6 is 0 Å². The Balaban J connectivity index is 2.36. The molecule has 6 nitrogen and oxygen atoms in total. The molecule has 0 aliphatic carbocycles. The second-order valence-corrected chi connectivity index (χ2v) is 3.96. The summed E-state index contributed by atoms with van der Waals surface area (Å²) in [5.74, 6) is -0.551. The molecular weight excluding hydrogens is 236 g/mol. The Morgan fingerprint density at radius 1 is 1.56 bits per heavy atom. The summed E-state index contributed by atoms with van der Waals surface area (Å²) in [6.07, 6.45) is 0.290. The maximum absolute atomic E-state index is 11.4. The van der Waals surface area contributed by atoms with Crippen LogP contribution in [-0.4, -0.2) is 30.6 Å². The van der Waals surface area contributed by atoms with Crippen molar-refractivity contribution < 1.29 is 19.4 Å². The summed E-state index contributed by atoms with van der Waals surface area (Å²) < 4.78 is 5.40. The van der Waals surface area contributed by atoms with Crippen LogP contribution in [0.25, 0.3) is 0 Å². The van der Waals surface area contributed by atoms with Gasteiger partial charge in [-0.05, 0) is 24.7 Å². The highest BCUT2D eigenvalue weighted by Gasteiger charge is 2.20. The molecule has 0 saturated heterocycles. The van der Waals surface area contributed by atoms with Gasteiger partial charge in [-0.3, -0.25) is 9.59 Å². The molecule has 1 aromatic carbocycles. The smallest absolute Gasteiger partial charge is 0.325 e. The number of hydrogen-bond acceptors (Lipinski definition) is 4. The Hall–Kier alpha value is -2.08. The molecule has 1 unspecified atom stereocenters. The van der Waals surface area contributed by atoms with Crippen LogP contribution in [0.15, 0.2) is 18.2 Å². The van der Waals surface area contributed by atoms with Crippen LogP contribution in [0.4, 0.5) is 5.69 Å². The van der Waals surface area contributed by atoms with Crippen molar-refractivity contribution in [3.8, 4) is 5.75 Å². The maximum atomic E-state index is 11.4. The molecule has 1 amide bonds. The van der Waals surface area contributed by atoms with Crippen LogP contribution in [0.5, 0.6) is 5.75 Å². The summed E-state index contributed by atoms with van der Waals surface area (Å²) in [7, 11) is 1.57. The minimum Gasteiger partial charge on any atom is -0.491 e. The van der Waals surface area contributed by atoms with Gasteiger partial charge in [0.15, 0.2) is 0 Å². The Morgan fingerprint density at radius 3 is 3.00 bits per heavy atom. The summed E-state index contributed by atoms with van der Waals surface area (Å²) in [6, 6.07) is 4.15. The van der Waals surface area contributed by atoms with Gasteiger partial charge in [0.1, 0.15) is 11.8 Å². The Kier molecular flexibility index (Phi) is 3.47. The molecule has 6 heteroatoms. The van der Waals surface area contributed by atoms with Crippen molar-refractivity contribution in [3.05, 3.63) is 23.8 Å². The Morgan fingerprint density at radius 2 is 2.33 bits per heavy atom. The van der Waals surface area contributed by atoms with E-state index in [2.05, 4.69) is 10.6 Å². The van der Waals surface area contributed by atoms with E-state index in [1.807, 2.05) is 0 Å². The molecule has 0 bridgehead atoms. The molecule has 18 heavy (non-hydrogen) atoms. The van der Waals surface area contributed by atoms with E-state index in [1.165, 1.54) is 0 Å². The van der Waals surface area contributed by atoms with Crippen LogP contribution in [-0.2, 0) is 9.59 Å². The number of carboxylic acids is 1. The van der Waals surface area contributed by atoms with Gasteiger partial charge >= 0.3 is 5.97 Å². The van der Waals surface area contributed by atoms with Crippen LogP contribution in [0.3, 0.4) is 0 Å². The first-order valence-electron chi connectivity index (χ1n) is 5.58. The van der Waals surface area contributed by atoms with Gasteiger partial charge in [-0.25, -0.2) is 0 Å². The third-order valence-electron chi connectivity index (χ3n) is 2.73. The first kappa shape index (κ1) is 12.4. The first-order valence-corrected chi connectivity index (χ1v) is 5.58. The standard InChI is InChI=1S/C12H14N2O4/c1-13-11(12(16)17)7-2-3-9-8(6-7)14-10(15)4-5-18-9/h2-3,6,11,13H,4-5H2,1H3,(H,14,15)(H,16,17). The number of aliphatic carboxylic acids is 1. The molecule has 96 valence electrons. The summed E-state index contributed by atoms with van der Waals surface area (Å²) in [4.78, 5) is 22.5. The quantitative estimate of drug-likeness (QED) is 0.737. The minimum absolute atomic E-state index is 0.137.